The van der Waals surface area contributed by atoms with Crippen LogP contribution in [-0.2, 0) is 0 Å². The zero-order valence-corrected chi connectivity index (χ0v) is 11.2. The Bertz CT molecular complexity index is 461. The van der Waals surface area contributed by atoms with Crippen LogP contribution in [0.3, 0.4) is 0 Å². The van der Waals surface area contributed by atoms with Gasteiger partial charge in [-0.05, 0) is 13.0 Å². The van der Waals surface area contributed by atoms with Crippen molar-refractivity contribution in [3.05, 3.63) is 39.9 Å². The first-order valence-corrected chi connectivity index (χ1v) is 6.18. The molecule has 18 heavy (non-hydrogen) atoms. The summed E-state index contributed by atoms with van der Waals surface area (Å²) in [7, 11) is 0. The number of nitro groups is 1. The van der Waals surface area contributed by atoms with Gasteiger partial charge in [0.05, 0.1) is 10.5 Å². The molecule has 0 radical (unpaired) electrons. The molecular weight excluding hydrogens is 279 g/mol. The number of hydrogen-bond donors (Lipinski definition) is 1. The fraction of sp³-hybridized carbons (Fsp3) is 0.364. The number of amides is 1. The van der Waals surface area contributed by atoms with Gasteiger partial charge in [-0.15, -0.1) is 23.2 Å². The maximum absolute atomic E-state index is 12.0. The van der Waals surface area contributed by atoms with Crippen LogP contribution >= 0.6 is 23.2 Å². The monoisotopic (exact) mass is 290 g/mol. The highest BCUT2D eigenvalue weighted by molar-refractivity contribution is 6.22. The van der Waals surface area contributed by atoms with Gasteiger partial charge in [0.1, 0.15) is 5.56 Å². The molecule has 7 heteroatoms. The molecule has 1 aromatic rings. The van der Waals surface area contributed by atoms with Gasteiger partial charge in [0.25, 0.3) is 11.6 Å². The predicted molar refractivity (Wildman–Crippen MR) is 70.4 cm³/mol. The number of nitrogens with one attached hydrogen (secondary N) is 1. The van der Waals surface area contributed by atoms with Crippen molar-refractivity contribution < 1.29 is 9.72 Å². The second-order valence-corrected chi connectivity index (χ2v) is 4.59. The van der Waals surface area contributed by atoms with Crippen LogP contribution in [0.5, 0.6) is 0 Å². The fourth-order valence-corrected chi connectivity index (χ4v) is 1.69. The van der Waals surface area contributed by atoms with Crippen molar-refractivity contribution in [1.29, 1.82) is 0 Å². The van der Waals surface area contributed by atoms with E-state index in [0.29, 0.717) is 0 Å². The van der Waals surface area contributed by atoms with Gasteiger partial charge in [-0.2, -0.15) is 0 Å². The van der Waals surface area contributed by atoms with Crippen molar-refractivity contribution in [2.24, 2.45) is 0 Å². The number of carbonyl (C=O) groups is 1. The van der Waals surface area contributed by atoms with E-state index in [9.17, 15) is 14.9 Å². The second kappa shape index (κ2) is 6.02. The van der Waals surface area contributed by atoms with E-state index in [4.69, 9.17) is 23.2 Å². The molecule has 0 atom stereocenters. The van der Waals surface area contributed by atoms with Crippen LogP contribution in [0.15, 0.2) is 24.3 Å². The van der Waals surface area contributed by atoms with Crippen molar-refractivity contribution >= 4 is 34.8 Å². The summed E-state index contributed by atoms with van der Waals surface area (Å²) in [6.45, 7) is 1.67. The van der Waals surface area contributed by atoms with Gasteiger partial charge in [-0.1, -0.05) is 12.1 Å². The number of para-hydroxylation sites is 1. The molecule has 0 fully saturated rings. The van der Waals surface area contributed by atoms with Gasteiger partial charge in [0, 0.05) is 17.8 Å². The van der Waals surface area contributed by atoms with Crippen molar-refractivity contribution in [2.75, 3.05) is 11.8 Å². The lowest BCUT2D eigenvalue weighted by molar-refractivity contribution is -0.385. The highest BCUT2D eigenvalue weighted by Gasteiger charge is 2.28. The van der Waals surface area contributed by atoms with E-state index in [2.05, 4.69) is 5.32 Å². The average Bonchev–Trinajstić information content (AvgIpc) is 2.38. The topological polar surface area (TPSA) is 72.2 Å². The summed E-state index contributed by atoms with van der Waals surface area (Å²) < 4.78 is 0. The molecule has 0 aliphatic heterocycles. The quantitative estimate of drug-likeness (QED) is 0.515. The van der Waals surface area contributed by atoms with Gasteiger partial charge in [0.2, 0.25) is 0 Å². The summed E-state index contributed by atoms with van der Waals surface area (Å²) in [6, 6.07) is 5.71. The Balaban J connectivity index is 3.01. The van der Waals surface area contributed by atoms with Gasteiger partial charge < -0.3 is 5.32 Å². The Kier molecular flexibility index (Phi) is 4.93. The van der Waals surface area contributed by atoms with Crippen molar-refractivity contribution in [1.82, 2.24) is 5.32 Å². The number of halogens is 2. The molecule has 5 nitrogen and oxygen atoms in total. The van der Waals surface area contributed by atoms with Gasteiger partial charge in [-0.3, -0.25) is 14.9 Å². The minimum atomic E-state index is -0.802. The van der Waals surface area contributed by atoms with Crippen LogP contribution in [0.2, 0.25) is 0 Å². The lowest BCUT2D eigenvalue weighted by Crippen LogP contribution is -2.49. The second-order valence-electron chi connectivity index (χ2n) is 4.06. The zero-order valence-electron chi connectivity index (χ0n) is 9.65. The lowest BCUT2D eigenvalue weighted by Gasteiger charge is -2.25. The van der Waals surface area contributed by atoms with E-state index in [1.807, 2.05) is 0 Å². The molecule has 0 aliphatic rings. The van der Waals surface area contributed by atoms with Crippen molar-refractivity contribution in [3.8, 4) is 0 Å². The summed E-state index contributed by atoms with van der Waals surface area (Å²) in [5, 5.41) is 13.4. The third-order valence-corrected chi connectivity index (χ3v) is 3.53. The molecule has 1 rings (SSSR count). The molecule has 1 amide bonds. The largest absolute Gasteiger partial charge is 0.344 e. The molecule has 0 bridgehead atoms. The molecule has 98 valence electrons. The molecule has 1 N–H and O–H groups in total. The Morgan fingerprint density at radius 2 is 1.94 bits per heavy atom. The zero-order chi connectivity index (χ0) is 13.8. The maximum atomic E-state index is 12.0. The van der Waals surface area contributed by atoms with E-state index in [0.717, 1.165) is 0 Å². The van der Waals surface area contributed by atoms with Gasteiger partial charge >= 0.3 is 0 Å². The average molecular weight is 291 g/mol. The van der Waals surface area contributed by atoms with Crippen LogP contribution in [0.4, 0.5) is 5.69 Å². The SMILES string of the molecule is CC(CCl)(CCl)NC(=O)c1ccccc1[N+](=O)[O-]. The van der Waals surface area contributed by atoms with Crippen molar-refractivity contribution in [3.63, 3.8) is 0 Å². The third-order valence-electron chi connectivity index (χ3n) is 2.35. The number of carbonyl (C=O) groups excluding carboxylic acids is 1. The molecule has 1 aromatic carbocycles. The molecule has 0 unspecified atom stereocenters. The van der Waals surface area contributed by atoms with Crippen LogP contribution in [-0.4, -0.2) is 28.1 Å². The van der Waals surface area contributed by atoms with Crippen LogP contribution in [0.25, 0.3) is 0 Å². The van der Waals surface area contributed by atoms with E-state index >= 15 is 0 Å². The fourth-order valence-electron chi connectivity index (χ4n) is 1.27. The predicted octanol–water partition coefficient (Wildman–Crippen LogP) is 2.56. The lowest BCUT2D eigenvalue weighted by atomic mass is 10.1. The maximum Gasteiger partial charge on any atom is 0.282 e. The number of alkyl halides is 2. The summed E-state index contributed by atoms with van der Waals surface area (Å²) in [5.41, 5.74) is -1.06. The standard InChI is InChI=1S/C11H12Cl2N2O3/c1-11(6-12,7-13)14-10(16)8-4-2-3-5-9(8)15(17)18/h2-5H,6-7H2,1H3,(H,14,16). The normalized spacial score (nSPS) is 11.1. The number of rotatable bonds is 5. The first-order chi connectivity index (χ1) is 8.43. The van der Waals surface area contributed by atoms with Crippen molar-refractivity contribution in [2.45, 2.75) is 12.5 Å². The third kappa shape index (κ3) is 3.34. The molecule has 0 spiro atoms. The van der Waals surface area contributed by atoms with Gasteiger partial charge in [-0.25, -0.2) is 0 Å². The minimum absolute atomic E-state index is 0.0102. The van der Waals surface area contributed by atoms with Crippen LogP contribution in [0.1, 0.15) is 17.3 Å². The highest BCUT2D eigenvalue weighted by atomic mass is 35.5. The molecule has 0 saturated heterocycles. The summed E-state index contributed by atoms with van der Waals surface area (Å²) >= 11 is 11.4. The summed E-state index contributed by atoms with van der Waals surface area (Å²) in [4.78, 5) is 22.2. The Labute approximate surface area is 114 Å². The minimum Gasteiger partial charge on any atom is -0.344 e. The number of nitro benzene ring substituents is 1. The molecule has 0 aromatic heterocycles. The number of nitrogens with zero attached hydrogens (tertiary/aromatic N) is 1. The van der Waals surface area contributed by atoms with Crippen LogP contribution < -0.4 is 5.32 Å². The Morgan fingerprint density at radius 1 is 1.39 bits per heavy atom. The van der Waals surface area contributed by atoms with E-state index in [-0.39, 0.29) is 23.0 Å². The van der Waals surface area contributed by atoms with Gasteiger partial charge in [0.15, 0.2) is 0 Å². The Hall–Kier alpha value is -1.33. The van der Waals surface area contributed by atoms with Crippen LogP contribution in [0, 0.1) is 10.1 Å². The molecule has 0 heterocycles. The number of benzene rings is 1. The Morgan fingerprint density at radius 3 is 2.44 bits per heavy atom. The van der Waals surface area contributed by atoms with E-state index in [1.165, 1.54) is 18.2 Å². The molecular formula is C11H12Cl2N2O3. The summed E-state index contributed by atoms with van der Waals surface area (Å²) in [6.07, 6.45) is 0. The molecule has 0 saturated carbocycles. The summed E-state index contributed by atoms with van der Waals surface area (Å²) in [5.74, 6) is -0.336. The first kappa shape index (κ1) is 14.7. The molecule has 0 aliphatic carbocycles. The highest BCUT2D eigenvalue weighted by Crippen LogP contribution is 2.19. The van der Waals surface area contributed by atoms with E-state index < -0.39 is 16.4 Å². The smallest absolute Gasteiger partial charge is 0.282 e. The first-order valence-electron chi connectivity index (χ1n) is 5.11. The number of hydrogen-bond acceptors (Lipinski definition) is 3. The van der Waals surface area contributed by atoms with E-state index in [1.54, 1.807) is 13.0 Å².